The van der Waals surface area contributed by atoms with Crippen molar-refractivity contribution >= 4 is 11.9 Å². The fraction of sp³-hybridized carbons (Fsp3) is 0.211. The first-order chi connectivity index (χ1) is 13.5. The smallest absolute Gasteiger partial charge is 0.289 e. The van der Waals surface area contributed by atoms with Crippen LogP contribution in [0.2, 0.25) is 0 Å². The Hall–Kier alpha value is -3.56. The molecule has 0 saturated carbocycles. The van der Waals surface area contributed by atoms with Gasteiger partial charge in [-0.1, -0.05) is 6.07 Å². The highest BCUT2D eigenvalue weighted by Gasteiger charge is 2.30. The van der Waals surface area contributed by atoms with Crippen molar-refractivity contribution in [2.24, 2.45) is 0 Å². The number of carbonyl (C=O) groups excluding carboxylic acids is 1. The van der Waals surface area contributed by atoms with Crippen LogP contribution in [0.4, 0.5) is 19.1 Å². The van der Waals surface area contributed by atoms with Gasteiger partial charge < -0.3 is 0 Å². The Balaban J connectivity index is 2.02. The first kappa shape index (κ1) is 20.2. The van der Waals surface area contributed by atoms with Gasteiger partial charge in [0.05, 0.1) is 11.3 Å². The number of carbonyl (C=O) groups is 1. The van der Waals surface area contributed by atoms with Crippen molar-refractivity contribution in [2.75, 3.05) is 5.32 Å². The largest absolute Gasteiger partial charge is 0.416 e. The van der Waals surface area contributed by atoms with Crippen LogP contribution < -0.4 is 10.7 Å². The summed E-state index contributed by atoms with van der Waals surface area (Å²) < 4.78 is 40.1. The Bertz CT molecular complexity index is 1140. The third-order valence-electron chi connectivity index (χ3n) is 3.95. The second-order valence-corrected chi connectivity index (χ2v) is 6.39. The lowest BCUT2D eigenvalue weighted by molar-refractivity contribution is -0.137. The number of hydrogen-bond donors (Lipinski definition) is 1. The van der Waals surface area contributed by atoms with E-state index in [-0.39, 0.29) is 17.3 Å². The van der Waals surface area contributed by atoms with Crippen LogP contribution in [0.3, 0.4) is 0 Å². The minimum absolute atomic E-state index is 0.0000984. The van der Waals surface area contributed by atoms with E-state index in [0.717, 1.165) is 22.9 Å². The van der Waals surface area contributed by atoms with Crippen LogP contribution in [0, 0.1) is 20.8 Å². The van der Waals surface area contributed by atoms with Gasteiger partial charge in [0.1, 0.15) is 0 Å². The van der Waals surface area contributed by atoms with E-state index in [2.05, 4.69) is 20.4 Å². The summed E-state index contributed by atoms with van der Waals surface area (Å²) in [7, 11) is 0. The summed E-state index contributed by atoms with van der Waals surface area (Å²) in [6.45, 7) is 4.94. The maximum atomic E-state index is 13.0. The van der Waals surface area contributed by atoms with Crippen LogP contribution in [-0.4, -0.2) is 25.7 Å². The summed E-state index contributed by atoms with van der Waals surface area (Å²) >= 11 is 0. The normalized spacial score (nSPS) is 11.4. The molecule has 0 saturated heterocycles. The van der Waals surface area contributed by atoms with E-state index in [1.165, 1.54) is 19.1 Å². The number of nitrogens with zero attached hydrogens (tertiary/aromatic N) is 4. The molecular weight excluding hydrogens is 387 g/mol. The van der Waals surface area contributed by atoms with E-state index in [1.807, 2.05) is 0 Å². The number of rotatable bonds is 3. The molecule has 3 rings (SSSR count). The topological polar surface area (TPSA) is 89.8 Å². The molecule has 0 spiro atoms. The van der Waals surface area contributed by atoms with E-state index in [0.29, 0.717) is 11.4 Å². The van der Waals surface area contributed by atoms with E-state index < -0.39 is 28.8 Å². The minimum Gasteiger partial charge on any atom is -0.289 e. The quantitative estimate of drug-likeness (QED) is 0.725. The fourth-order valence-corrected chi connectivity index (χ4v) is 2.72. The summed E-state index contributed by atoms with van der Waals surface area (Å²) in [6.07, 6.45) is -4.54. The van der Waals surface area contributed by atoms with Crippen LogP contribution in [-0.2, 0) is 6.18 Å². The predicted octanol–water partition coefficient (Wildman–Crippen LogP) is 3.22. The zero-order valence-corrected chi connectivity index (χ0v) is 15.7. The molecule has 150 valence electrons. The molecule has 2 heterocycles. The van der Waals surface area contributed by atoms with Gasteiger partial charge in [0.15, 0.2) is 5.69 Å². The summed E-state index contributed by atoms with van der Waals surface area (Å²) in [5.41, 5.74) is -0.465. The van der Waals surface area contributed by atoms with Gasteiger partial charge in [0, 0.05) is 23.1 Å². The molecule has 0 atom stereocenters. The van der Waals surface area contributed by atoms with Gasteiger partial charge in [-0.05, 0) is 45.0 Å². The maximum absolute atomic E-state index is 13.0. The molecule has 29 heavy (non-hydrogen) atoms. The van der Waals surface area contributed by atoms with Gasteiger partial charge >= 0.3 is 6.18 Å². The van der Waals surface area contributed by atoms with Gasteiger partial charge in [-0.3, -0.25) is 14.9 Å². The van der Waals surface area contributed by atoms with Crippen molar-refractivity contribution in [2.45, 2.75) is 26.9 Å². The van der Waals surface area contributed by atoms with Crippen molar-refractivity contribution in [3.63, 3.8) is 0 Å². The van der Waals surface area contributed by atoms with Crippen molar-refractivity contribution in [1.29, 1.82) is 0 Å². The standard InChI is InChI=1S/C19H16F3N5O2/c1-10-7-11(2)24-18(23-10)25-17(29)16-15(28)8-12(3)27(26-16)14-6-4-5-13(9-14)19(20,21)22/h4-9H,1-3H3,(H,23,24,25,29). The fourth-order valence-electron chi connectivity index (χ4n) is 2.72. The molecule has 0 unspecified atom stereocenters. The van der Waals surface area contributed by atoms with Crippen LogP contribution >= 0.6 is 0 Å². The minimum atomic E-state index is -4.54. The molecule has 7 nitrogen and oxygen atoms in total. The Morgan fingerprint density at radius 1 is 1.03 bits per heavy atom. The molecule has 0 fully saturated rings. The van der Waals surface area contributed by atoms with Crippen molar-refractivity contribution in [1.82, 2.24) is 19.7 Å². The number of alkyl halides is 3. The Morgan fingerprint density at radius 3 is 2.31 bits per heavy atom. The number of aryl methyl sites for hydroxylation is 3. The van der Waals surface area contributed by atoms with Gasteiger partial charge in [0.25, 0.3) is 5.91 Å². The van der Waals surface area contributed by atoms with Gasteiger partial charge in [-0.2, -0.15) is 18.3 Å². The molecule has 0 aliphatic rings. The van der Waals surface area contributed by atoms with Crippen LogP contribution in [0.25, 0.3) is 5.69 Å². The van der Waals surface area contributed by atoms with Crippen molar-refractivity contribution < 1.29 is 18.0 Å². The number of aromatic nitrogens is 4. The maximum Gasteiger partial charge on any atom is 0.416 e. The highest BCUT2D eigenvalue weighted by molar-refractivity contribution is 6.01. The zero-order valence-electron chi connectivity index (χ0n) is 15.7. The number of anilines is 1. The Kier molecular flexibility index (Phi) is 5.19. The molecule has 0 aliphatic carbocycles. The molecule has 3 aromatic rings. The van der Waals surface area contributed by atoms with E-state index in [9.17, 15) is 22.8 Å². The number of benzene rings is 1. The van der Waals surface area contributed by atoms with Gasteiger partial charge in [-0.25, -0.2) is 14.6 Å². The summed E-state index contributed by atoms with van der Waals surface area (Å²) in [4.78, 5) is 32.9. The second-order valence-electron chi connectivity index (χ2n) is 6.39. The molecule has 1 N–H and O–H groups in total. The van der Waals surface area contributed by atoms with E-state index in [4.69, 9.17) is 0 Å². The Morgan fingerprint density at radius 2 is 1.69 bits per heavy atom. The summed E-state index contributed by atoms with van der Waals surface area (Å²) in [5, 5.41) is 6.37. The first-order valence-corrected chi connectivity index (χ1v) is 8.47. The van der Waals surface area contributed by atoms with E-state index >= 15 is 0 Å². The predicted molar refractivity (Wildman–Crippen MR) is 99.0 cm³/mol. The number of halogens is 3. The third-order valence-corrected chi connectivity index (χ3v) is 3.95. The molecule has 0 radical (unpaired) electrons. The lowest BCUT2D eigenvalue weighted by Gasteiger charge is -2.13. The summed E-state index contributed by atoms with van der Waals surface area (Å²) in [5.74, 6) is -0.861. The number of amides is 1. The van der Waals surface area contributed by atoms with E-state index in [1.54, 1.807) is 19.9 Å². The molecule has 10 heteroatoms. The van der Waals surface area contributed by atoms with Crippen LogP contribution in [0.5, 0.6) is 0 Å². The highest BCUT2D eigenvalue weighted by Crippen LogP contribution is 2.30. The lowest BCUT2D eigenvalue weighted by Crippen LogP contribution is -2.27. The van der Waals surface area contributed by atoms with Gasteiger partial charge in [0.2, 0.25) is 11.4 Å². The number of hydrogen-bond acceptors (Lipinski definition) is 5. The lowest BCUT2D eigenvalue weighted by atomic mass is 10.2. The summed E-state index contributed by atoms with van der Waals surface area (Å²) in [6, 6.07) is 7.27. The molecule has 1 amide bonds. The monoisotopic (exact) mass is 403 g/mol. The zero-order chi connectivity index (χ0) is 21.3. The highest BCUT2D eigenvalue weighted by atomic mass is 19.4. The molecule has 1 aromatic carbocycles. The molecular formula is C19H16F3N5O2. The average molecular weight is 403 g/mol. The van der Waals surface area contributed by atoms with Crippen molar-refractivity contribution in [3.05, 3.63) is 75.0 Å². The van der Waals surface area contributed by atoms with Crippen LogP contribution in [0.1, 0.15) is 33.1 Å². The van der Waals surface area contributed by atoms with Crippen molar-refractivity contribution in [3.8, 4) is 5.69 Å². The average Bonchev–Trinajstić information content (AvgIpc) is 2.60. The molecule has 0 aliphatic heterocycles. The second kappa shape index (κ2) is 7.46. The molecule has 2 aromatic heterocycles. The SMILES string of the molecule is Cc1cc(C)nc(NC(=O)c2nn(-c3cccc(C(F)(F)F)c3)c(C)cc2=O)n1. The Labute approximate surface area is 163 Å². The van der Waals surface area contributed by atoms with Gasteiger partial charge in [-0.15, -0.1) is 0 Å². The number of nitrogens with one attached hydrogen (secondary N) is 1. The molecule has 0 bridgehead atoms. The first-order valence-electron chi connectivity index (χ1n) is 8.47. The van der Waals surface area contributed by atoms with Crippen LogP contribution in [0.15, 0.2) is 41.2 Å². The third kappa shape index (κ3) is 4.48.